The van der Waals surface area contributed by atoms with E-state index in [2.05, 4.69) is 24.2 Å². The summed E-state index contributed by atoms with van der Waals surface area (Å²) in [7, 11) is 2.33. The van der Waals surface area contributed by atoms with Crippen LogP contribution in [0.4, 0.5) is 0 Å². The van der Waals surface area contributed by atoms with E-state index in [9.17, 15) is 0 Å². The Labute approximate surface area is 107 Å². The Hall–Kier alpha value is -0.0800. The Morgan fingerprint density at radius 2 is 1.76 bits per heavy atom. The van der Waals surface area contributed by atoms with Gasteiger partial charge in [-0.2, -0.15) is 0 Å². The molecule has 1 N–H and O–H groups in total. The fraction of sp³-hybridized carbons (Fsp3) is 1.00. The van der Waals surface area contributed by atoms with Gasteiger partial charge in [-0.25, -0.2) is 0 Å². The summed E-state index contributed by atoms with van der Waals surface area (Å²) in [5, 5.41) is 3.60. The minimum atomic E-state index is 0.874. The summed E-state index contributed by atoms with van der Waals surface area (Å²) in [6.45, 7) is 4.85. The van der Waals surface area contributed by atoms with E-state index in [0.717, 1.165) is 18.0 Å². The van der Waals surface area contributed by atoms with Gasteiger partial charge >= 0.3 is 0 Å². The molecule has 2 fully saturated rings. The van der Waals surface area contributed by atoms with Crippen molar-refractivity contribution in [2.45, 2.75) is 70.4 Å². The van der Waals surface area contributed by atoms with Crippen molar-refractivity contribution < 1.29 is 0 Å². The molecule has 2 saturated carbocycles. The lowest BCUT2D eigenvalue weighted by Crippen LogP contribution is -2.36. The zero-order chi connectivity index (χ0) is 12.1. The van der Waals surface area contributed by atoms with Gasteiger partial charge in [0.25, 0.3) is 0 Å². The molecule has 0 atom stereocenters. The highest BCUT2D eigenvalue weighted by Crippen LogP contribution is 2.28. The smallest absolute Gasteiger partial charge is 0.00924 e. The molecule has 2 rings (SSSR count). The van der Waals surface area contributed by atoms with Crippen LogP contribution < -0.4 is 5.32 Å². The van der Waals surface area contributed by atoms with E-state index in [0.29, 0.717) is 0 Å². The molecular formula is C15H30N2. The van der Waals surface area contributed by atoms with Crippen molar-refractivity contribution in [3.8, 4) is 0 Å². The van der Waals surface area contributed by atoms with Gasteiger partial charge in [-0.15, -0.1) is 0 Å². The summed E-state index contributed by atoms with van der Waals surface area (Å²) < 4.78 is 0. The fourth-order valence-electron chi connectivity index (χ4n) is 3.10. The van der Waals surface area contributed by atoms with Gasteiger partial charge in [-0.05, 0) is 71.0 Å². The van der Waals surface area contributed by atoms with Crippen LogP contribution in [0.3, 0.4) is 0 Å². The quantitative estimate of drug-likeness (QED) is 0.686. The number of hydrogen-bond donors (Lipinski definition) is 1. The van der Waals surface area contributed by atoms with Crippen LogP contribution in [0.2, 0.25) is 0 Å². The maximum absolute atomic E-state index is 3.60. The average Bonchev–Trinajstić information content (AvgIpc) is 3.18. The molecule has 2 aliphatic carbocycles. The van der Waals surface area contributed by atoms with E-state index < -0.39 is 0 Å². The first kappa shape index (κ1) is 13.4. The lowest BCUT2D eigenvalue weighted by Gasteiger charge is -2.34. The van der Waals surface area contributed by atoms with E-state index in [1.165, 1.54) is 64.5 Å². The SMILES string of the molecule is CCC1CCC(N(C)CCCNC2CC2)CC1. The highest BCUT2D eigenvalue weighted by Gasteiger charge is 2.23. The monoisotopic (exact) mass is 238 g/mol. The Morgan fingerprint density at radius 3 is 2.35 bits per heavy atom. The summed E-state index contributed by atoms with van der Waals surface area (Å²) in [6.07, 6.45) is 11.3. The molecule has 2 aliphatic rings. The lowest BCUT2D eigenvalue weighted by molar-refractivity contribution is 0.162. The van der Waals surface area contributed by atoms with Crippen LogP contribution in [0.5, 0.6) is 0 Å². The largest absolute Gasteiger partial charge is 0.314 e. The first-order chi connectivity index (χ1) is 8.29. The van der Waals surface area contributed by atoms with Crippen LogP contribution in [0.1, 0.15) is 58.3 Å². The van der Waals surface area contributed by atoms with E-state index in [1.54, 1.807) is 0 Å². The molecule has 17 heavy (non-hydrogen) atoms. The standard InChI is InChI=1S/C15H30N2/c1-3-13-5-9-15(10-6-13)17(2)12-4-11-16-14-7-8-14/h13-16H,3-12H2,1-2H3. The number of nitrogens with zero attached hydrogens (tertiary/aromatic N) is 1. The fourth-order valence-corrected chi connectivity index (χ4v) is 3.10. The van der Waals surface area contributed by atoms with Crippen molar-refractivity contribution in [1.29, 1.82) is 0 Å². The third kappa shape index (κ3) is 4.59. The number of hydrogen-bond acceptors (Lipinski definition) is 2. The highest BCUT2D eigenvalue weighted by atomic mass is 15.1. The minimum Gasteiger partial charge on any atom is -0.314 e. The van der Waals surface area contributed by atoms with Gasteiger partial charge in [0.15, 0.2) is 0 Å². The Bertz CT molecular complexity index is 205. The van der Waals surface area contributed by atoms with Gasteiger partial charge in [0.1, 0.15) is 0 Å². The molecular weight excluding hydrogens is 208 g/mol. The lowest BCUT2D eigenvalue weighted by atomic mass is 9.84. The molecule has 2 heteroatoms. The predicted octanol–water partition coefficient (Wildman–Crippen LogP) is 3.03. The van der Waals surface area contributed by atoms with Crippen LogP contribution in [-0.2, 0) is 0 Å². The molecule has 0 aromatic rings. The molecule has 0 radical (unpaired) electrons. The maximum atomic E-state index is 3.60. The predicted molar refractivity (Wildman–Crippen MR) is 74.3 cm³/mol. The second-order valence-corrected chi connectivity index (χ2v) is 6.15. The van der Waals surface area contributed by atoms with E-state index in [1.807, 2.05) is 0 Å². The molecule has 0 aromatic carbocycles. The second kappa shape index (κ2) is 6.75. The molecule has 0 heterocycles. The van der Waals surface area contributed by atoms with Crippen molar-refractivity contribution in [2.75, 3.05) is 20.1 Å². The summed E-state index contributed by atoms with van der Waals surface area (Å²) in [4.78, 5) is 2.61. The zero-order valence-electron chi connectivity index (χ0n) is 11.8. The summed E-state index contributed by atoms with van der Waals surface area (Å²) in [6, 6.07) is 1.75. The third-order valence-corrected chi connectivity index (χ3v) is 4.71. The molecule has 0 amide bonds. The van der Waals surface area contributed by atoms with Crippen molar-refractivity contribution >= 4 is 0 Å². The normalized spacial score (nSPS) is 29.8. The maximum Gasteiger partial charge on any atom is 0.00924 e. The zero-order valence-corrected chi connectivity index (χ0v) is 11.8. The minimum absolute atomic E-state index is 0.874. The molecule has 0 saturated heterocycles. The Balaban J connectivity index is 1.54. The molecule has 0 aromatic heterocycles. The van der Waals surface area contributed by atoms with Crippen LogP contribution in [0.15, 0.2) is 0 Å². The van der Waals surface area contributed by atoms with Gasteiger partial charge in [0, 0.05) is 12.1 Å². The first-order valence-corrected chi connectivity index (χ1v) is 7.73. The van der Waals surface area contributed by atoms with Crippen molar-refractivity contribution in [3.05, 3.63) is 0 Å². The van der Waals surface area contributed by atoms with Crippen molar-refractivity contribution in [1.82, 2.24) is 10.2 Å². The first-order valence-electron chi connectivity index (χ1n) is 7.73. The Morgan fingerprint density at radius 1 is 1.06 bits per heavy atom. The summed E-state index contributed by atoms with van der Waals surface area (Å²) in [5.74, 6) is 1.02. The molecule has 0 spiro atoms. The van der Waals surface area contributed by atoms with Gasteiger partial charge in [-0.3, -0.25) is 0 Å². The second-order valence-electron chi connectivity index (χ2n) is 6.15. The summed E-state index contributed by atoms with van der Waals surface area (Å²) in [5.41, 5.74) is 0. The topological polar surface area (TPSA) is 15.3 Å². The van der Waals surface area contributed by atoms with Gasteiger partial charge in [-0.1, -0.05) is 13.3 Å². The molecule has 0 bridgehead atoms. The van der Waals surface area contributed by atoms with Gasteiger partial charge < -0.3 is 10.2 Å². The van der Waals surface area contributed by atoms with Crippen LogP contribution >= 0.6 is 0 Å². The van der Waals surface area contributed by atoms with Gasteiger partial charge in [0.05, 0.1) is 0 Å². The molecule has 2 nitrogen and oxygen atoms in total. The van der Waals surface area contributed by atoms with E-state index in [4.69, 9.17) is 0 Å². The molecule has 0 unspecified atom stereocenters. The third-order valence-electron chi connectivity index (χ3n) is 4.71. The Kier molecular flexibility index (Phi) is 5.30. The van der Waals surface area contributed by atoms with E-state index in [-0.39, 0.29) is 0 Å². The number of nitrogens with one attached hydrogen (secondary N) is 1. The number of rotatable bonds is 7. The molecule has 0 aliphatic heterocycles. The molecule has 100 valence electrons. The van der Waals surface area contributed by atoms with Crippen molar-refractivity contribution in [3.63, 3.8) is 0 Å². The summed E-state index contributed by atoms with van der Waals surface area (Å²) >= 11 is 0. The van der Waals surface area contributed by atoms with Crippen LogP contribution in [0.25, 0.3) is 0 Å². The highest BCUT2D eigenvalue weighted by molar-refractivity contribution is 4.81. The average molecular weight is 238 g/mol. The van der Waals surface area contributed by atoms with Crippen LogP contribution in [-0.4, -0.2) is 37.1 Å². The van der Waals surface area contributed by atoms with E-state index >= 15 is 0 Å². The van der Waals surface area contributed by atoms with Gasteiger partial charge in [0.2, 0.25) is 0 Å². The van der Waals surface area contributed by atoms with Crippen LogP contribution in [0, 0.1) is 5.92 Å². The van der Waals surface area contributed by atoms with Crippen molar-refractivity contribution in [2.24, 2.45) is 5.92 Å².